The van der Waals surface area contributed by atoms with Crippen LogP contribution in [0.1, 0.15) is 19.3 Å². The summed E-state index contributed by atoms with van der Waals surface area (Å²) in [6.45, 7) is 0. The van der Waals surface area contributed by atoms with E-state index in [0.717, 1.165) is 42.7 Å². The lowest BCUT2D eigenvalue weighted by molar-refractivity contribution is 0.0547. The van der Waals surface area contributed by atoms with E-state index < -0.39 is 5.60 Å². The first-order chi connectivity index (χ1) is 11.2. The fourth-order valence-electron chi connectivity index (χ4n) is 0.629. The maximum absolute atomic E-state index is 9.34. The molecule has 0 aromatic heterocycles. The summed E-state index contributed by atoms with van der Waals surface area (Å²) in [6.07, 6.45) is -0.517. The topological polar surface area (TPSA) is 213 Å². The Hall–Kier alpha value is -1.81. The van der Waals surface area contributed by atoms with Gasteiger partial charge in [-0.2, -0.15) is 15.8 Å². The van der Waals surface area contributed by atoms with Gasteiger partial charge in [0, 0.05) is 42.7 Å². The van der Waals surface area contributed by atoms with Gasteiger partial charge in [-0.15, -0.1) is 0 Å². The van der Waals surface area contributed by atoms with E-state index in [1.54, 1.807) is 18.2 Å². The predicted molar refractivity (Wildman–Crippen MR) is 84.5 cm³/mol. The molecular weight excluding hydrogens is 310 g/mol. The van der Waals surface area contributed by atoms with Crippen molar-refractivity contribution in [1.82, 2.24) is 0 Å². The Bertz CT molecular complexity index is 217. The predicted octanol–water partition coefficient (Wildman–Crippen LogP) is -1.89. The average Bonchev–Trinajstić information content (AvgIpc) is 2.66. The minimum atomic E-state index is -1.43. The van der Waals surface area contributed by atoms with Crippen molar-refractivity contribution in [1.29, 1.82) is 15.8 Å². The normalized spacial score (nSPS) is 6.00. The highest BCUT2D eigenvalue weighted by molar-refractivity contribution is 4.99. The fraction of sp³-hybridized carbons (Fsp3) is 0.769. The van der Waals surface area contributed by atoms with Gasteiger partial charge in [-0.1, -0.05) is 0 Å². The van der Waals surface area contributed by atoms with E-state index in [9.17, 15) is 5.11 Å². The first kappa shape index (κ1) is 42.9. The average molecular weight is 341 g/mol. The van der Waals surface area contributed by atoms with Crippen LogP contribution in [0, 0.1) is 34.0 Å². The number of aliphatic hydroxyl groups excluding tert-OH is 6. The van der Waals surface area contributed by atoms with Crippen LogP contribution in [0.4, 0.5) is 0 Å². The highest BCUT2D eigenvalue weighted by Gasteiger charge is 2.25. The monoisotopic (exact) mass is 341 g/mol. The molecule has 0 aliphatic carbocycles. The van der Waals surface area contributed by atoms with Crippen molar-refractivity contribution < 1.29 is 35.7 Å². The quantitative estimate of drug-likeness (QED) is 0.303. The molecule has 0 aliphatic heterocycles. The van der Waals surface area contributed by atoms with E-state index >= 15 is 0 Å². The van der Waals surface area contributed by atoms with E-state index in [2.05, 4.69) is 0 Å². The molecule has 10 nitrogen and oxygen atoms in total. The lowest BCUT2D eigenvalue weighted by Gasteiger charge is -2.17. The number of nitrogens with zero attached hydrogens (tertiary/aromatic N) is 3. The van der Waals surface area contributed by atoms with Gasteiger partial charge in [0.2, 0.25) is 0 Å². The molecule has 0 amide bonds. The largest absolute Gasteiger partial charge is 0.400 e. The van der Waals surface area contributed by atoms with Crippen molar-refractivity contribution >= 4 is 0 Å². The Morgan fingerprint density at radius 1 is 0.522 bits per heavy atom. The molecule has 10 heteroatoms. The first-order valence-electron chi connectivity index (χ1n) is 5.70. The van der Waals surface area contributed by atoms with Crippen LogP contribution in [0.25, 0.3) is 0 Å². The van der Waals surface area contributed by atoms with Crippen LogP contribution in [0.3, 0.4) is 0 Å². The molecule has 7 N–H and O–H groups in total. The molecule has 0 bridgehead atoms. The minimum Gasteiger partial charge on any atom is -0.400 e. The Morgan fingerprint density at radius 2 is 0.652 bits per heavy atom. The van der Waals surface area contributed by atoms with E-state index in [0.29, 0.717) is 0 Å². The summed E-state index contributed by atoms with van der Waals surface area (Å²) >= 11 is 0. The summed E-state index contributed by atoms with van der Waals surface area (Å²) in [5.41, 5.74) is -1.43. The molecule has 0 heterocycles. The number of nitriles is 3. The van der Waals surface area contributed by atoms with Crippen LogP contribution in [0.5, 0.6) is 0 Å². The third kappa shape index (κ3) is 64.3. The first-order valence-corrected chi connectivity index (χ1v) is 5.70. The Labute approximate surface area is 138 Å². The zero-order valence-electron chi connectivity index (χ0n) is 14.6. The van der Waals surface area contributed by atoms with Gasteiger partial charge in [0.05, 0.1) is 37.5 Å². The molecule has 0 radical (unpaired) electrons. The second-order valence-corrected chi connectivity index (χ2v) is 2.23. The molecule has 140 valence electrons. The number of hydrogen-bond acceptors (Lipinski definition) is 10. The van der Waals surface area contributed by atoms with Gasteiger partial charge in [-0.05, 0) is 0 Å². The van der Waals surface area contributed by atoms with E-state index in [1.807, 2.05) is 0 Å². The molecule has 0 spiro atoms. The lowest BCUT2D eigenvalue weighted by atomic mass is 9.94. The van der Waals surface area contributed by atoms with Gasteiger partial charge in [0.25, 0.3) is 0 Å². The van der Waals surface area contributed by atoms with Crippen molar-refractivity contribution in [2.45, 2.75) is 24.9 Å². The summed E-state index contributed by atoms with van der Waals surface area (Å²) in [6, 6.07) is 5.18. The van der Waals surface area contributed by atoms with Gasteiger partial charge in [0.1, 0.15) is 5.60 Å². The summed E-state index contributed by atoms with van der Waals surface area (Å²) in [5.74, 6) is 0. The van der Waals surface area contributed by atoms with Crippen molar-refractivity contribution in [3.8, 4) is 18.2 Å². The lowest BCUT2D eigenvalue weighted by Crippen LogP contribution is -2.26. The Kier molecular flexibility index (Phi) is 134. The van der Waals surface area contributed by atoms with E-state index in [4.69, 9.17) is 46.4 Å². The van der Waals surface area contributed by atoms with Crippen LogP contribution in [-0.4, -0.2) is 84.0 Å². The third-order valence-electron chi connectivity index (χ3n) is 1.22. The summed E-state index contributed by atoms with van der Waals surface area (Å²) in [7, 11) is 6.00. The summed E-state index contributed by atoms with van der Waals surface area (Å²) < 4.78 is 0. The number of hydrogen-bond donors (Lipinski definition) is 7. The van der Waals surface area contributed by atoms with Crippen LogP contribution >= 0.6 is 0 Å². The SMILES string of the molecule is CO.CO.CO.CO.CO.CO.N#CCC(O)(CC#N)CC#N. The smallest absolute Gasteiger partial charge is 0.103 e. The molecule has 0 aromatic rings. The van der Waals surface area contributed by atoms with Crippen LogP contribution in [0.15, 0.2) is 0 Å². The molecule has 23 heavy (non-hydrogen) atoms. The molecule has 0 saturated carbocycles. The standard InChI is InChI=1S/C7H7N3O.6CH4O/c8-4-1-7(11,2-5-9)3-6-10;6*1-2/h11H,1-3H2;6*2H,1H3. The summed E-state index contributed by atoms with van der Waals surface area (Å²) in [5, 5.41) is 76.0. The molecular formula is C13H31N3O7. The molecule has 0 aromatic carbocycles. The highest BCUT2D eigenvalue weighted by atomic mass is 16.3. The van der Waals surface area contributed by atoms with Crippen LogP contribution in [-0.2, 0) is 0 Å². The highest BCUT2D eigenvalue weighted by Crippen LogP contribution is 2.17. The van der Waals surface area contributed by atoms with Gasteiger partial charge in [-0.3, -0.25) is 0 Å². The van der Waals surface area contributed by atoms with Crippen molar-refractivity contribution in [3.05, 3.63) is 0 Å². The molecule has 0 rings (SSSR count). The minimum absolute atomic E-state index is 0.172. The fourth-order valence-corrected chi connectivity index (χ4v) is 0.629. The number of aliphatic hydroxyl groups is 7. The molecule has 0 atom stereocenters. The summed E-state index contributed by atoms with van der Waals surface area (Å²) in [4.78, 5) is 0. The maximum Gasteiger partial charge on any atom is 0.103 e. The molecule has 0 saturated heterocycles. The van der Waals surface area contributed by atoms with Crippen molar-refractivity contribution in [2.24, 2.45) is 0 Å². The van der Waals surface area contributed by atoms with Gasteiger partial charge in [-0.25, -0.2) is 0 Å². The Morgan fingerprint density at radius 3 is 0.739 bits per heavy atom. The molecule has 0 unspecified atom stereocenters. The Balaban J connectivity index is -0.0000000358. The third-order valence-corrected chi connectivity index (χ3v) is 1.22. The van der Waals surface area contributed by atoms with Gasteiger partial charge in [0.15, 0.2) is 0 Å². The zero-order chi connectivity index (χ0) is 20.7. The number of rotatable bonds is 3. The van der Waals surface area contributed by atoms with E-state index in [1.165, 1.54) is 0 Å². The zero-order valence-corrected chi connectivity index (χ0v) is 14.6. The van der Waals surface area contributed by atoms with Crippen LogP contribution in [0.2, 0.25) is 0 Å². The van der Waals surface area contributed by atoms with Crippen molar-refractivity contribution in [2.75, 3.05) is 42.7 Å². The second-order valence-electron chi connectivity index (χ2n) is 2.23. The second kappa shape index (κ2) is 71.6. The van der Waals surface area contributed by atoms with E-state index in [-0.39, 0.29) is 19.3 Å². The molecule has 0 aliphatic rings. The van der Waals surface area contributed by atoms with Crippen LogP contribution < -0.4 is 0 Å². The van der Waals surface area contributed by atoms with Crippen molar-refractivity contribution in [3.63, 3.8) is 0 Å². The van der Waals surface area contributed by atoms with Gasteiger partial charge >= 0.3 is 0 Å². The molecule has 0 fully saturated rings. The van der Waals surface area contributed by atoms with Gasteiger partial charge < -0.3 is 35.7 Å². The maximum atomic E-state index is 9.34.